The number of hydrogen-bond donors (Lipinski definition) is 1. The van der Waals surface area contributed by atoms with Gasteiger partial charge in [0.1, 0.15) is 11.3 Å². The minimum absolute atomic E-state index is 0.199. The van der Waals surface area contributed by atoms with Gasteiger partial charge in [0.15, 0.2) is 5.65 Å². The molecule has 0 aliphatic carbocycles. The second-order valence-electron chi connectivity index (χ2n) is 8.48. The molecule has 0 spiro atoms. The number of imidazole rings is 1. The number of aryl methyl sites for hydroxylation is 3. The molecule has 4 aromatic rings. The fourth-order valence-electron chi connectivity index (χ4n) is 4.47. The highest BCUT2D eigenvalue weighted by molar-refractivity contribution is 5.76. The summed E-state index contributed by atoms with van der Waals surface area (Å²) in [7, 11) is 0. The summed E-state index contributed by atoms with van der Waals surface area (Å²) in [5.41, 5.74) is 7.17. The van der Waals surface area contributed by atoms with Crippen LogP contribution >= 0.6 is 0 Å². The molecule has 2 aromatic heterocycles. The fourth-order valence-corrected chi connectivity index (χ4v) is 4.47. The number of nitrogens with zero attached hydrogens (tertiary/aromatic N) is 3. The van der Waals surface area contributed by atoms with Gasteiger partial charge in [-0.1, -0.05) is 68.4 Å². The van der Waals surface area contributed by atoms with E-state index in [1.807, 2.05) is 37.3 Å². The normalized spacial score (nSPS) is 13.2. The Labute approximate surface area is 188 Å². The first kappa shape index (κ1) is 21.8. The molecule has 0 unspecified atom stereocenters. The summed E-state index contributed by atoms with van der Waals surface area (Å²) in [5, 5.41) is 9.69. The highest BCUT2D eigenvalue weighted by Gasteiger charge is 2.26. The number of carboxylic acid groups (broad SMARTS) is 1. The molecule has 0 aliphatic heterocycles. The van der Waals surface area contributed by atoms with Crippen molar-refractivity contribution in [3.63, 3.8) is 0 Å². The molecule has 5 nitrogen and oxygen atoms in total. The topological polar surface area (TPSA) is 68.0 Å². The van der Waals surface area contributed by atoms with Gasteiger partial charge in [0.2, 0.25) is 0 Å². The molecule has 32 heavy (non-hydrogen) atoms. The molecule has 0 radical (unpaired) electrons. The van der Waals surface area contributed by atoms with Crippen LogP contribution in [0.1, 0.15) is 53.5 Å². The summed E-state index contributed by atoms with van der Waals surface area (Å²) in [5.74, 6) is -0.498. The van der Waals surface area contributed by atoms with Crippen molar-refractivity contribution in [2.24, 2.45) is 5.92 Å². The molecule has 0 saturated heterocycles. The van der Waals surface area contributed by atoms with Gasteiger partial charge in [0.25, 0.3) is 0 Å². The fraction of sp³-hybridized carbons (Fsp3) is 0.296. The van der Waals surface area contributed by atoms with Gasteiger partial charge < -0.3 is 9.67 Å². The lowest BCUT2D eigenvalue weighted by atomic mass is 9.81. The Morgan fingerprint density at radius 2 is 1.66 bits per heavy atom. The molecule has 5 heteroatoms. The van der Waals surface area contributed by atoms with E-state index in [9.17, 15) is 9.90 Å². The lowest BCUT2D eigenvalue weighted by molar-refractivity contribution is -0.141. The van der Waals surface area contributed by atoms with Crippen molar-refractivity contribution in [3.05, 3.63) is 94.4 Å². The number of hydrogen-bond acceptors (Lipinski definition) is 3. The molecular weight excluding hydrogens is 398 g/mol. The van der Waals surface area contributed by atoms with Crippen molar-refractivity contribution in [2.45, 2.75) is 46.6 Å². The largest absolute Gasteiger partial charge is 0.481 e. The van der Waals surface area contributed by atoms with E-state index in [1.54, 1.807) is 6.92 Å². The first-order valence-corrected chi connectivity index (χ1v) is 11.1. The van der Waals surface area contributed by atoms with E-state index in [-0.39, 0.29) is 5.92 Å². The highest BCUT2D eigenvalue weighted by Crippen LogP contribution is 2.32. The maximum Gasteiger partial charge on any atom is 0.307 e. The number of pyridine rings is 1. The van der Waals surface area contributed by atoms with E-state index in [1.165, 1.54) is 0 Å². The zero-order valence-electron chi connectivity index (χ0n) is 19.0. The van der Waals surface area contributed by atoms with Crippen molar-refractivity contribution in [3.8, 4) is 0 Å². The number of aliphatic carboxylic acids is 1. The molecular formula is C27H29N3O2. The minimum Gasteiger partial charge on any atom is -0.481 e. The Morgan fingerprint density at radius 1 is 1.00 bits per heavy atom. The molecule has 0 bridgehead atoms. The maximum absolute atomic E-state index is 11.8. The lowest BCUT2D eigenvalue weighted by Crippen LogP contribution is -2.20. The van der Waals surface area contributed by atoms with Gasteiger partial charge in [0, 0.05) is 18.0 Å². The van der Waals surface area contributed by atoms with E-state index >= 15 is 0 Å². The third-order valence-electron chi connectivity index (χ3n) is 6.15. The van der Waals surface area contributed by atoms with Gasteiger partial charge >= 0.3 is 5.97 Å². The van der Waals surface area contributed by atoms with Crippen LogP contribution in [0, 0.1) is 19.8 Å². The number of rotatable bonds is 7. The Balaban J connectivity index is 1.69. The number of fused-ring (bicyclic) bond motifs is 1. The third kappa shape index (κ3) is 4.15. The molecule has 2 aromatic carbocycles. The Hall–Kier alpha value is -3.47. The molecule has 164 valence electrons. The Bertz CT molecular complexity index is 1240. The number of carbonyl (C=O) groups is 1. The van der Waals surface area contributed by atoms with Crippen LogP contribution in [0.25, 0.3) is 11.2 Å². The van der Waals surface area contributed by atoms with Crippen LogP contribution in [-0.2, 0) is 17.8 Å². The van der Waals surface area contributed by atoms with Gasteiger partial charge in [-0.15, -0.1) is 0 Å². The Kier molecular flexibility index (Phi) is 6.08. The van der Waals surface area contributed by atoms with Gasteiger partial charge in [-0.2, -0.15) is 0 Å². The molecule has 0 saturated carbocycles. The van der Waals surface area contributed by atoms with Gasteiger partial charge in [-0.25, -0.2) is 9.97 Å². The summed E-state index contributed by atoms with van der Waals surface area (Å²) in [4.78, 5) is 21.4. The lowest BCUT2D eigenvalue weighted by Gasteiger charge is -2.22. The van der Waals surface area contributed by atoms with Crippen LogP contribution in [-0.4, -0.2) is 25.6 Å². The van der Waals surface area contributed by atoms with Crippen LogP contribution in [0.3, 0.4) is 0 Å². The van der Waals surface area contributed by atoms with Crippen molar-refractivity contribution < 1.29 is 9.90 Å². The highest BCUT2D eigenvalue weighted by atomic mass is 16.4. The zero-order chi connectivity index (χ0) is 22.8. The van der Waals surface area contributed by atoms with Crippen molar-refractivity contribution >= 4 is 17.1 Å². The van der Waals surface area contributed by atoms with E-state index in [2.05, 4.69) is 48.7 Å². The van der Waals surface area contributed by atoms with E-state index in [4.69, 9.17) is 9.97 Å². The van der Waals surface area contributed by atoms with E-state index in [0.717, 1.165) is 51.4 Å². The van der Waals surface area contributed by atoms with Crippen LogP contribution in [0.5, 0.6) is 0 Å². The summed E-state index contributed by atoms with van der Waals surface area (Å²) in [6.07, 6.45) is 0.832. The first-order chi connectivity index (χ1) is 15.4. The van der Waals surface area contributed by atoms with Crippen LogP contribution in [0.4, 0.5) is 0 Å². The zero-order valence-corrected chi connectivity index (χ0v) is 19.0. The molecule has 0 fully saturated rings. The predicted molar refractivity (Wildman–Crippen MR) is 127 cm³/mol. The summed E-state index contributed by atoms with van der Waals surface area (Å²) in [6.45, 7) is 8.66. The summed E-state index contributed by atoms with van der Waals surface area (Å²) >= 11 is 0. The van der Waals surface area contributed by atoms with E-state index in [0.29, 0.717) is 6.54 Å². The predicted octanol–water partition coefficient (Wildman–Crippen LogP) is 5.51. The average molecular weight is 428 g/mol. The third-order valence-corrected chi connectivity index (χ3v) is 6.15. The molecule has 0 aliphatic rings. The van der Waals surface area contributed by atoms with Gasteiger partial charge in [-0.3, -0.25) is 4.79 Å². The van der Waals surface area contributed by atoms with Crippen LogP contribution in [0.15, 0.2) is 60.7 Å². The SMILES string of the molecule is CCc1nc2c(C)cc(C)nc2n1Cc1ccc([C@H](c2ccccc2)[C@@H](C)C(=O)O)cc1. The smallest absolute Gasteiger partial charge is 0.307 e. The first-order valence-electron chi connectivity index (χ1n) is 11.1. The van der Waals surface area contributed by atoms with Crippen molar-refractivity contribution in [1.82, 2.24) is 14.5 Å². The van der Waals surface area contributed by atoms with Crippen molar-refractivity contribution in [1.29, 1.82) is 0 Å². The second kappa shape index (κ2) is 8.95. The summed E-state index contributed by atoms with van der Waals surface area (Å²) in [6, 6.07) is 20.2. The number of benzene rings is 2. The Morgan fingerprint density at radius 3 is 2.28 bits per heavy atom. The minimum atomic E-state index is -0.794. The second-order valence-corrected chi connectivity index (χ2v) is 8.48. The number of carboxylic acids is 1. The van der Waals surface area contributed by atoms with E-state index < -0.39 is 11.9 Å². The number of aromatic nitrogens is 3. The van der Waals surface area contributed by atoms with Crippen LogP contribution in [0.2, 0.25) is 0 Å². The van der Waals surface area contributed by atoms with Crippen molar-refractivity contribution in [2.75, 3.05) is 0 Å². The van der Waals surface area contributed by atoms with Gasteiger partial charge in [0.05, 0.1) is 12.5 Å². The van der Waals surface area contributed by atoms with Gasteiger partial charge in [-0.05, 0) is 42.2 Å². The molecule has 1 N–H and O–H groups in total. The molecule has 2 atom stereocenters. The maximum atomic E-state index is 11.8. The molecule has 4 rings (SSSR count). The molecule has 0 amide bonds. The quantitative estimate of drug-likeness (QED) is 0.422. The average Bonchev–Trinajstić information content (AvgIpc) is 3.13. The monoisotopic (exact) mass is 427 g/mol. The molecule has 2 heterocycles. The summed E-state index contributed by atoms with van der Waals surface area (Å²) < 4.78 is 2.19. The van der Waals surface area contributed by atoms with Crippen LogP contribution < -0.4 is 0 Å². The standard InChI is InChI=1S/C27H29N3O2/c1-5-23-29-25-17(2)15-18(3)28-26(25)30(23)16-20-11-13-22(14-12-20)24(19(4)27(31)32)21-9-7-6-8-10-21/h6-15,19,24H,5,16H2,1-4H3,(H,31,32)/t19-,24+/m1/s1.